The van der Waals surface area contributed by atoms with Gasteiger partial charge in [0.25, 0.3) is 0 Å². The van der Waals surface area contributed by atoms with E-state index in [0.29, 0.717) is 36.3 Å². The predicted octanol–water partition coefficient (Wildman–Crippen LogP) is 3.26. The molecular weight excluding hydrogens is 346 g/mol. The number of carbonyl (C=O) groups is 1. The normalized spacial score (nSPS) is 16.4. The van der Waals surface area contributed by atoms with Crippen molar-refractivity contribution in [3.8, 4) is 5.75 Å². The number of benzene rings is 2. The summed E-state index contributed by atoms with van der Waals surface area (Å²) in [6.45, 7) is 0.0764. The van der Waals surface area contributed by atoms with Gasteiger partial charge in [-0.05, 0) is 31.4 Å². The van der Waals surface area contributed by atoms with Crippen molar-refractivity contribution in [2.45, 2.75) is 25.3 Å². The first kappa shape index (κ1) is 18.8. The van der Waals surface area contributed by atoms with Gasteiger partial charge in [0.15, 0.2) is 5.76 Å². The smallest absolute Gasteiger partial charge is 0.339 e. The average molecular weight is 369 g/mol. The second kappa shape index (κ2) is 8.60. The van der Waals surface area contributed by atoms with Crippen molar-refractivity contribution in [3.63, 3.8) is 0 Å². The second-order valence-electron chi connectivity index (χ2n) is 6.24. The maximum atomic E-state index is 12.6. The molecule has 1 aliphatic heterocycles. The number of carbonyl (C=O) groups excluding carboxylic acids is 1. The van der Waals surface area contributed by atoms with E-state index in [4.69, 9.17) is 14.7 Å². The lowest BCUT2D eigenvalue weighted by Crippen LogP contribution is -2.33. The van der Waals surface area contributed by atoms with Crippen LogP contribution in [-0.4, -0.2) is 35.9 Å². The number of ether oxygens (including phenoxy) is 1. The number of hydrogen-bond donors (Lipinski definition) is 2. The molecule has 2 N–H and O–H groups in total. The molecule has 1 heterocycles. The Labute approximate surface area is 158 Å². The lowest BCUT2D eigenvalue weighted by Gasteiger charge is -2.26. The molecule has 2 aromatic rings. The zero-order valence-electron chi connectivity index (χ0n) is 15.2. The molecule has 0 bridgehead atoms. The summed E-state index contributed by atoms with van der Waals surface area (Å²) < 4.78 is 5.02. The van der Waals surface area contributed by atoms with E-state index >= 15 is 0 Å². The van der Waals surface area contributed by atoms with E-state index in [0.717, 1.165) is 5.56 Å². The molecule has 0 aliphatic carbocycles. The van der Waals surface area contributed by atoms with E-state index < -0.39 is 12.0 Å². The van der Waals surface area contributed by atoms with E-state index in [2.05, 4.69) is 0 Å². The Morgan fingerprint density at radius 2 is 1.81 bits per heavy atom. The predicted molar refractivity (Wildman–Crippen MR) is 102 cm³/mol. The third-order valence-electron chi connectivity index (χ3n) is 4.50. The van der Waals surface area contributed by atoms with Crippen LogP contribution in [0.1, 0.15) is 24.8 Å². The number of hydroxylamine groups is 1. The van der Waals surface area contributed by atoms with Crippen molar-refractivity contribution < 1.29 is 24.6 Å². The van der Waals surface area contributed by atoms with Crippen molar-refractivity contribution >= 4 is 17.4 Å². The Bertz CT molecular complexity index is 818. The van der Waals surface area contributed by atoms with E-state index in [-0.39, 0.29) is 12.4 Å². The molecular formula is C21H23NO5. The SMILES string of the molecule is COC(=O)C1=C(c2ccccc2)ON(c2ccccc2O)[C@@H]1CCCCO. The summed E-state index contributed by atoms with van der Waals surface area (Å²) in [5.41, 5.74) is 1.63. The van der Waals surface area contributed by atoms with Crippen LogP contribution in [0, 0.1) is 0 Å². The van der Waals surface area contributed by atoms with Crippen LogP contribution in [0.3, 0.4) is 0 Å². The summed E-state index contributed by atoms with van der Waals surface area (Å²) in [4.78, 5) is 18.7. The van der Waals surface area contributed by atoms with Gasteiger partial charge in [-0.3, -0.25) is 0 Å². The lowest BCUT2D eigenvalue weighted by atomic mass is 9.97. The van der Waals surface area contributed by atoms with Crippen LogP contribution in [0.5, 0.6) is 5.75 Å². The van der Waals surface area contributed by atoms with Gasteiger partial charge in [-0.2, -0.15) is 5.06 Å². The fourth-order valence-electron chi connectivity index (χ4n) is 3.19. The summed E-state index contributed by atoms with van der Waals surface area (Å²) in [6, 6.07) is 15.7. The number of unbranched alkanes of at least 4 members (excludes halogenated alkanes) is 1. The van der Waals surface area contributed by atoms with Gasteiger partial charge in [-0.1, -0.05) is 42.5 Å². The fourth-order valence-corrected chi connectivity index (χ4v) is 3.19. The van der Waals surface area contributed by atoms with Crippen LogP contribution in [-0.2, 0) is 14.4 Å². The van der Waals surface area contributed by atoms with Gasteiger partial charge < -0.3 is 19.8 Å². The van der Waals surface area contributed by atoms with E-state index in [1.165, 1.54) is 7.11 Å². The second-order valence-corrected chi connectivity index (χ2v) is 6.24. The van der Waals surface area contributed by atoms with Crippen molar-refractivity contribution in [2.24, 2.45) is 0 Å². The number of rotatable bonds is 7. The Hall–Kier alpha value is -2.99. The molecule has 6 heteroatoms. The highest BCUT2D eigenvalue weighted by Crippen LogP contribution is 2.41. The van der Waals surface area contributed by atoms with Gasteiger partial charge in [0.1, 0.15) is 23.1 Å². The van der Waals surface area contributed by atoms with Crippen LogP contribution in [0.15, 0.2) is 60.2 Å². The van der Waals surface area contributed by atoms with Gasteiger partial charge in [-0.25, -0.2) is 4.79 Å². The Balaban J connectivity index is 2.06. The van der Waals surface area contributed by atoms with Crippen molar-refractivity contribution in [2.75, 3.05) is 18.8 Å². The number of nitrogens with zero attached hydrogens (tertiary/aromatic N) is 1. The molecule has 1 aliphatic rings. The van der Waals surface area contributed by atoms with Gasteiger partial charge in [0, 0.05) is 12.2 Å². The molecule has 0 amide bonds. The molecule has 6 nitrogen and oxygen atoms in total. The van der Waals surface area contributed by atoms with Crippen molar-refractivity contribution in [1.29, 1.82) is 0 Å². The summed E-state index contributed by atoms with van der Waals surface area (Å²) in [5, 5.41) is 21.0. The molecule has 0 aromatic heterocycles. The lowest BCUT2D eigenvalue weighted by molar-refractivity contribution is -0.136. The van der Waals surface area contributed by atoms with Crippen LogP contribution in [0.2, 0.25) is 0 Å². The quantitative estimate of drug-likeness (QED) is 0.576. The molecule has 1 atom stereocenters. The Kier molecular flexibility index (Phi) is 5.98. The van der Waals surface area contributed by atoms with Crippen molar-refractivity contribution in [1.82, 2.24) is 0 Å². The molecule has 3 rings (SSSR count). The third kappa shape index (κ3) is 3.90. The number of anilines is 1. The fraction of sp³-hybridized carbons (Fsp3) is 0.286. The minimum absolute atomic E-state index is 0.0585. The number of para-hydroxylation sites is 2. The van der Waals surface area contributed by atoms with Crippen LogP contribution >= 0.6 is 0 Å². The highest BCUT2D eigenvalue weighted by Gasteiger charge is 2.41. The zero-order chi connectivity index (χ0) is 19.2. The Morgan fingerprint density at radius 1 is 1.11 bits per heavy atom. The number of phenolic OH excluding ortho intramolecular Hbond substituents is 1. The third-order valence-corrected chi connectivity index (χ3v) is 4.50. The largest absolute Gasteiger partial charge is 0.506 e. The number of aromatic hydroxyl groups is 1. The topological polar surface area (TPSA) is 79.2 Å². The minimum Gasteiger partial charge on any atom is -0.506 e. The first-order chi connectivity index (χ1) is 13.2. The first-order valence-corrected chi connectivity index (χ1v) is 8.91. The van der Waals surface area contributed by atoms with Gasteiger partial charge >= 0.3 is 5.97 Å². The maximum Gasteiger partial charge on any atom is 0.339 e. The summed E-state index contributed by atoms with van der Waals surface area (Å²) in [5.74, 6) is 0.00339. The van der Waals surface area contributed by atoms with Crippen molar-refractivity contribution in [3.05, 3.63) is 65.7 Å². The van der Waals surface area contributed by atoms with Gasteiger partial charge in [-0.15, -0.1) is 0 Å². The number of methoxy groups -OCH3 is 1. The van der Waals surface area contributed by atoms with E-state index in [1.54, 1.807) is 29.3 Å². The van der Waals surface area contributed by atoms with Gasteiger partial charge in [0.2, 0.25) is 0 Å². The molecule has 0 saturated heterocycles. The molecule has 2 aromatic carbocycles. The minimum atomic E-state index is -0.472. The first-order valence-electron chi connectivity index (χ1n) is 8.91. The molecule has 0 fully saturated rings. The number of hydrogen-bond acceptors (Lipinski definition) is 6. The maximum absolute atomic E-state index is 12.6. The molecule has 0 spiro atoms. The van der Waals surface area contributed by atoms with E-state index in [9.17, 15) is 9.90 Å². The van der Waals surface area contributed by atoms with Gasteiger partial charge in [0.05, 0.1) is 7.11 Å². The zero-order valence-corrected chi connectivity index (χ0v) is 15.2. The molecule has 0 saturated carbocycles. The molecule has 142 valence electrons. The average Bonchev–Trinajstić information content (AvgIpc) is 3.08. The van der Waals surface area contributed by atoms with E-state index in [1.807, 2.05) is 30.3 Å². The number of aliphatic hydroxyl groups is 1. The standard InChI is InChI=1S/C21H23NO5/c1-26-21(25)19-17(12-7-8-14-23)22(16-11-5-6-13-18(16)24)27-20(19)15-9-3-2-4-10-15/h2-6,9-11,13,17,23-24H,7-8,12,14H2,1H3/t17-/m1/s1. The Morgan fingerprint density at radius 3 is 2.48 bits per heavy atom. The number of phenols is 1. The summed E-state index contributed by atoms with van der Waals surface area (Å²) in [7, 11) is 1.34. The molecule has 0 unspecified atom stereocenters. The molecule has 0 radical (unpaired) electrons. The molecule has 27 heavy (non-hydrogen) atoms. The highest BCUT2D eigenvalue weighted by atomic mass is 16.7. The summed E-state index contributed by atoms with van der Waals surface area (Å²) in [6.07, 6.45) is 1.87. The van der Waals surface area contributed by atoms with Crippen LogP contribution in [0.4, 0.5) is 5.69 Å². The summed E-state index contributed by atoms with van der Waals surface area (Å²) >= 11 is 0. The highest BCUT2D eigenvalue weighted by molar-refractivity contribution is 5.99. The number of esters is 1. The monoisotopic (exact) mass is 369 g/mol. The van der Waals surface area contributed by atoms with Crippen LogP contribution < -0.4 is 5.06 Å². The van der Waals surface area contributed by atoms with Crippen LogP contribution in [0.25, 0.3) is 5.76 Å². The number of aliphatic hydroxyl groups excluding tert-OH is 1.